The van der Waals surface area contributed by atoms with Crippen LogP contribution in [-0.4, -0.2) is 18.9 Å². The van der Waals surface area contributed by atoms with Crippen molar-refractivity contribution in [2.75, 3.05) is 5.88 Å². The lowest BCUT2D eigenvalue weighted by Crippen LogP contribution is -2.21. The summed E-state index contributed by atoms with van der Waals surface area (Å²) in [5.41, 5.74) is 1.47. The van der Waals surface area contributed by atoms with Gasteiger partial charge in [0.05, 0.1) is 9.77 Å². The number of hydrogen-bond acceptors (Lipinski definition) is 2. The van der Waals surface area contributed by atoms with Crippen molar-refractivity contribution in [3.8, 4) is 0 Å². The first-order valence-corrected chi connectivity index (χ1v) is 9.11. The Morgan fingerprint density at radius 3 is 2.23 bits per heavy atom. The Morgan fingerprint density at radius 2 is 1.64 bits per heavy atom. The summed E-state index contributed by atoms with van der Waals surface area (Å²) in [5, 5.41) is 0. The van der Waals surface area contributed by atoms with Crippen molar-refractivity contribution in [2.24, 2.45) is 0 Å². The second kappa shape index (κ2) is 7.01. The first-order chi connectivity index (χ1) is 10.4. The van der Waals surface area contributed by atoms with Gasteiger partial charge in [-0.3, -0.25) is 4.55 Å². The van der Waals surface area contributed by atoms with E-state index in [9.17, 15) is 13.0 Å². The molecular formula is C16H16Cl2O3S. The van der Waals surface area contributed by atoms with E-state index in [0.29, 0.717) is 24.3 Å². The van der Waals surface area contributed by atoms with Gasteiger partial charge in [-0.15, -0.1) is 23.2 Å². The van der Waals surface area contributed by atoms with E-state index < -0.39 is 15.0 Å². The maximum Gasteiger partial charge on any atom is 0.294 e. The number of hydrogen-bond donors (Lipinski definition) is 1. The first-order valence-electron chi connectivity index (χ1n) is 6.76. The maximum absolute atomic E-state index is 11.4. The zero-order valence-electron chi connectivity index (χ0n) is 11.7. The Morgan fingerprint density at radius 1 is 1.00 bits per heavy atom. The lowest BCUT2D eigenvalue weighted by molar-refractivity contribution is 0.483. The predicted molar refractivity (Wildman–Crippen MR) is 89.3 cm³/mol. The molecule has 0 fully saturated rings. The van der Waals surface area contributed by atoms with Crippen LogP contribution in [0.5, 0.6) is 0 Å². The second-order valence-electron chi connectivity index (χ2n) is 4.96. The monoisotopic (exact) mass is 358 g/mol. The van der Waals surface area contributed by atoms with E-state index in [-0.39, 0.29) is 4.90 Å². The van der Waals surface area contributed by atoms with Crippen molar-refractivity contribution in [2.45, 2.75) is 22.6 Å². The fourth-order valence-electron chi connectivity index (χ4n) is 2.37. The van der Waals surface area contributed by atoms with E-state index in [1.807, 2.05) is 30.3 Å². The number of rotatable bonds is 6. The van der Waals surface area contributed by atoms with Crippen LogP contribution in [0.1, 0.15) is 24.0 Å². The summed E-state index contributed by atoms with van der Waals surface area (Å²) >= 11 is 12.6. The maximum atomic E-state index is 11.4. The molecule has 1 unspecified atom stereocenters. The molecule has 0 radical (unpaired) electrons. The zero-order chi connectivity index (χ0) is 16.2. The summed E-state index contributed by atoms with van der Waals surface area (Å²) in [5.74, 6) is 0.458. The molecule has 2 aromatic rings. The van der Waals surface area contributed by atoms with Gasteiger partial charge in [-0.2, -0.15) is 8.42 Å². The van der Waals surface area contributed by atoms with Crippen LogP contribution in [0.2, 0.25) is 0 Å². The van der Waals surface area contributed by atoms with Gasteiger partial charge >= 0.3 is 0 Å². The Balaban J connectivity index is 2.55. The standard InChI is InChI=1S/C16H16Cl2O3S/c17-11-5-10-16(18,13-6-2-1-3-7-13)14-8-4-9-15(12-14)22(19,20)21/h1-4,6-9,12H,5,10-11H2,(H,19,20,21). The molecule has 0 heterocycles. The highest BCUT2D eigenvalue weighted by molar-refractivity contribution is 7.85. The highest BCUT2D eigenvalue weighted by atomic mass is 35.5. The van der Waals surface area contributed by atoms with Crippen molar-refractivity contribution in [3.05, 3.63) is 65.7 Å². The molecule has 0 aliphatic carbocycles. The van der Waals surface area contributed by atoms with Crippen LogP contribution >= 0.6 is 23.2 Å². The Labute approximate surface area is 140 Å². The van der Waals surface area contributed by atoms with Crippen LogP contribution < -0.4 is 0 Å². The average Bonchev–Trinajstić information content (AvgIpc) is 2.53. The molecule has 2 rings (SSSR count). The van der Waals surface area contributed by atoms with Crippen LogP contribution in [0.3, 0.4) is 0 Å². The van der Waals surface area contributed by atoms with Gasteiger partial charge in [-0.25, -0.2) is 0 Å². The van der Waals surface area contributed by atoms with Crippen molar-refractivity contribution in [1.82, 2.24) is 0 Å². The molecule has 0 spiro atoms. The van der Waals surface area contributed by atoms with Gasteiger partial charge in [0, 0.05) is 5.88 Å². The minimum atomic E-state index is -4.27. The molecule has 0 aromatic heterocycles. The highest BCUT2D eigenvalue weighted by Gasteiger charge is 2.32. The zero-order valence-corrected chi connectivity index (χ0v) is 14.1. The average molecular weight is 359 g/mol. The molecule has 0 saturated carbocycles. The normalized spacial score (nSPS) is 14.5. The van der Waals surface area contributed by atoms with E-state index >= 15 is 0 Å². The van der Waals surface area contributed by atoms with Crippen LogP contribution in [-0.2, 0) is 15.0 Å². The fourth-order valence-corrected chi connectivity index (χ4v) is 3.41. The smallest absolute Gasteiger partial charge is 0.282 e. The molecule has 1 N–H and O–H groups in total. The van der Waals surface area contributed by atoms with Crippen molar-refractivity contribution in [3.63, 3.8) is 0 Å². The van der Waals surface area contributed by atoms with Crippen molar-refractivity contribution < 1.29 is 13.0 Å². The third-order valence-electron chi connectivity index (χ3n) is 3.48. The molecule has 6 heteroatoms. The molecule has 0 amide bonds. The molecule has 1 atom stereocenters. The molecule has 3 nitrogen and oxygen atoms in total. The van der Waals surface area contributed by atoms with Crippen molar-refractivity contribution >= 4 is 33.3 Å². The largest absolute Gasteiger partial charge is 0.294 e. The van der Waals surface area contributed by atoms with Gasteiger partial charge < -0.3 is 0 Å². The summed E-state index contributed by atoms with van der Waals surface area (Å²) < 4.78 is 31.9. The van der Waals surface area contributed by atoms with E-state index in [0.717, 1.165) is 5.56 Å². The van der Waals surface area contributed by atoms with Gasteiger partial charge in [0.25, 0.3) is 10.1 Å². The second-order valence-corrected chi connectivity index (χ2v) is 7.41. The number of halogens is 2. The quantitative estimate of drug-likeness (QED) is 0.613. The fraction of sp³-hybridized carbons (Fsp3) is 0.250. The van der Waals surface area contributed by atoms with Crippen LogP contribution in [0.15, 0.2) is 59.5 Å². The van der Waals surface area contributed by atoms with Crippen LogP contribution in [0.25, 0.3) is 0 Å². The lowest BCUT2D eigenvalue weighted by Gasteiger charge is -2.28. The minimum absolute atomic E-state index is 0.170. The van der Waals surface area contributed by atoms with Gasteiger partial charge in [-0.05, 0) is 36.1 Å². The Bertz CT molecular complexity index is 732. The molecule has 0 aliphatic rings. The molecule has 2 aromatic carbocycles. The Hall–Kier alpha value is -1.07. The third-order valence-corrected chi connectivity index (χ3v) is 5.22. The summed E-state index contributed by atoms with van der Waals surface area (Å²) in [7, 11) is -4.27. The van der Waals surface area contributed by atoms with E-state index in [4.69, 9.17) is 23.2 Å². The summed E-state index contributed by atoms with van der Waals surface area (Å²) in [6.07, 6.45) is 1.23. The summed E-state index contributed by atoms with van der Waals surface area (Å²) in [4.78, 5) is -1.06. The van der Waals surface area contributed by atoms with Crippen LogP contribution in [0.4, 0.5) is 0 Å². The lowest BCUT2D eigenvalue weighted by atomic mass is 9.86. The van der Waals surface area contributed by atoms with Crippen molar-refractivity contribution in [1.29, 1.82) is 0 Å². The van der Waals surface area contributed by atoms with Crippen LogP contribution in [0, 0.1) is 0 Å². The van der Waals surface area contributed by atoms with Gasteiger partial charge in [0.2, 0.25) is 0 Å². The minimum Gasteiger partial charge on any atom is -0.282 e. The first kappa shape index (κ1) is 17.3. The SMILES string of the molecule is O=S(=O)(O)c1cccc(C(Cl)(CCCCl)c2ccccc2)c1. The molecule has 0 bridgehead atoms. The van der Waals surface area contributed by atoms with E-state index in [2.05, 4.69) is 0 Å². The molecule has 22 heavy (non-hydrogen) atoms. The topological polar surface area (TPSA) is 54.4 Å². The number of benzene rings is 2. The number of alkyl halides is 2. The van der Waals surface area contributed by atoms with E-state index in [1.54, 1.807) is 12.1 Å². The van der Waals surface area contributed by atoms with Gasteiger partial charge in [-0.1, -0.05) is 42.5 Å². The van der Waals surface area contributed by atoms with E-state index in [1.165, 1.54) is 12.1 Å². The molecule has 0 saturated heterocycles. The summed E-state index contributed by atoms with van der Waals surface area (Å²) in [6.45, 7) is 0. The van der Waals surface area contributed by atoms with Gasteiger partial charge in [0.15, 0.2) is 0 Å². The Kier molecular flexibility index (Phi) is 5.50. The molecule has 118 valence electrons. The van der Waals surface area contributed by atoms with Gasteiger partial charge in [0.1, 0.15) is 0 Å². The predicted octanol–water partition coefficient (Wildman–Crippen LogP) is 4.43. The third kappa shape index (κ3) is 3.82. The molecular weight excluding hydrogens is 343 g/mol. The summed E-state index contributed by atoms with van der Waals surface area (Å²) in [6, 6.07) is 15.5. The molecule has 0 aliphatic heterocycles. The highest BCUT2D eigenvalue weighted by Crippen LogP contribution is 2.41.